The molecule has 0 N–H and O–H groups in total. The summed E-state index contributed by atoms with van der Waals surface area (Å²) in [7, 11) is 0. The molecule has 0 saturated carbocycles. The van der Waals surface area contributed by atoms with E-state index in [2.05, 4.69) is 53.7 Å². The van der Waals surface area contributed by atoms with E-state index in [4.69, 9.17) is 9.47 Å². The van der Waals surface area contributed by atoms with E-state index >= 15 is 0 Å². The molecular formula is C17H28O2. The van der Waals surface area contributed by atoms with Crippen LogP contribution < -0.4 is 0 Å². The Hall–Kier alpha value is -0.860. The van der Waals surface area contributed by atoms with E-state index in [-0.39, 0.29) is 17.1 Å². The minimum Gasteiger partial charge on any atom is -0.348 e. The van der Waals surface area contributed by atoms with Crippen LogP contribution in [0.25, 0.3) is 0 Å². The lowest BCUT2D eigenvalue weighted by Crippen LogP contribution is -2.22. The van der Waals surface area contributed by atoms with Gasteiger partial charge in [-0.05, 0) is 10.8 Å². The van der Waals surface area contributed by atoms with Crippen LogP contribution in [0.15, 0.2) is 30.3 Å². The maximum atomic E-state index is 5.97. The average Bonchev–Trinajstić information content (AvgIpc) is 2.27. The highest BCUT2D eigenvalue weighted by Gasteiger charge is 2.20. The molecule has 2 heteroatoms. The van der Waals surface area contributed by atoms with Gasteiger partial charge in [0.15, 0.2) is 6.29 Å². The predicted octanol–water partition coefficient (Wildman–Crippen LogP) is 4.81. The van der Waals surface area contributed by atoms with Crippen molar-refractivity contribution in [3.05, 3.63) is 35.9 Å². The van der Waals surface area contributed by atoms with Gasteiger partial charge in [-0.1, -0.05) is 71.9 Å². The van der Waals surface area contributed by atoms with Crippen molar-refractivity contribution >= 4 is 0 Å². The van der Waals surface area contributed by atoms with Gasteiger partial charge in [0, 0.05) is 5.56 Å². The van der Waals surface area contributed by atoms with E-state index in [0.29, 0.717) is 13.2 Å². The zero-order chi connectivity index (χ0) is 14.5. The molecule has 0 saturated heterocycles. The van der Waals surface area contributed by atoms with Crippen molar-refractivity contribution in [2.45, 2.75) is 47.8 Å². The zero-order valence-corrected chi connectivity index (χ0v) is 13.2. The summed E-state index contributed by atoms with van der Waals surface area (Å²) in [5.41, 5.74) is 1.35. The van der Waals surface area contributed by atoms with E-state index < -0.39 is 0 Å². The van der Waals surface area contributed by atoms with Crippen LogP contribution in [0.1, 0.15) is 53.4 Å². The Labute approximate surface area is 118 Å². The van der Waals surface area contributed by atoms with Crippen molar-refractivity contribution in [2.75, 3.05) is 13.2 Å². The Balaban J connectivity index is 2.68. The van der Waals surface area contributed by atoms with E-state index in [1.54, 1.807) is 0 Å². The van der Waals surface area contributed by atoms with Gasteiger partial charge in [0.2, 0.25) is 0 Å². The molecule has 0 unspecified atom stereocenters. The third-order valence-corrected chi connectivity index (χ3v) is 2.41. The van der Waals surface area contributed by atoms with Crippen LogP contribution in [0.4, 0.5) is 0 Å². The van der Waals surface area contributed by atoms with Gasteiger partial charge in [-0.15, -0.1) is 0 Å². The van der Waals surface area contributed by atoms with Crippen LogP contribution in [0.3, 0.4) is 0 Å². The summed E-state index contributed by atoms with van der Waals surface area (Å²) in [5.74, 6) is 0. The first-order chi connectivity index (χ1) is 8.67. The Morgan fingerprint density at radius 2 is 1.21 bits per heavy atom. The standard InChI is InChI=1S/C17H28O2/c1-16(2,3)12-18-15(19-13-17(4,5)6)14-10-8-7-9-11-14/h7-11,15H,12-13H2,1-6H3. The fourth-order valence-corrected chi connectivity index (χ4v) is 1.50. The SMILES string of the molecule is CC(C)(C)COC(OCC(C)(C)C)c1ccccc1. The summed E-state index contributed by atoms with van der Waals surface area (Å²) in [6, 6.07) is 10.1. The van der Waals surface area contributed by atoms with Crippen LogP contribution in [0.2, 0.25) is 0 Å². The van der Waals surface area contributed by atoms with Crippen molar-refractivity contribution in [3.8, 4) is 0 Å². The Morgan fingerprint density at radius 3 is 1.58 bits per heavy atom. The van der Waals surface area contributed by atoms with Crippen molar-refractivity contribution in [1.82, 2.24) is 0 Å². The predicted molar refractivity (Wildman–Crippen MR) is 80.0 cm³/mol. The molecule has 0 spiro atoms. The normalized spacial score (nSPS) is 13.0. The topological polar surface area (TPSA) is 18.5 Å². The van der Waals surface area contributed by atoms with Crippen LogP contribution in [0, 0.1) is 10.8 Å². The van der Waals surface area contributed by atoms with E-state index in [1.807, 2.05) is 18.2 Å². The lowest BCUT2D eigenvalue weighted by atomic mass is 9.98. The summed E-state index contributed by atoms with van der Waals surface area (Å²) < 4.78 is 11.9. The second-order valence-electron chi connectivity index (χ2n) is 7.49. The molecule has 0 heterocycles. The maximum Gasteiger partial charge on any atom is 0.183 e. The van der Waals surface area contributed by atoms with Crippen LogP contribution >= 0.6 is 0 Å². The third kappa shape index (κ3) is 7.34. The lowest BCUT2D eigenvalue weighted by molar-refractivity contribution is -0.173. The Morgan fingerprint density at radius 1 is 0.789 bits per heavy atom. The number of benzene rings is 1. The first kappa shape index (κ1) is 16.2. The van der Waals surface area contributed by atoms with Gasteiger partial charge in [0.05, 0.1) is 13.2 Å². The summed E-state index contributed by atoms with van der Waals surface area (Å²) in [6.07, 6.45) is -0.278. The first-order valence-corrected chi connectivity index (χ1v) is 6.96. The van der Waals surface area contributed by atoms with Gasteiger partial charge in [-0.3, -0.25) is 0 Å². The molecule has 2 nitrogen and oxygen atoms in total. The summed E-state index contributed by atoms with van der Waals surface area (Å²) in [4.78, 5) is 0. The first-order valence-electron chi connectivity index (χ1n) is 6.96. The van der Waals surface area contributed by atoms with Gasteiger partial charge < -0.3 is 9.47 Å². The van der Waals surface area contributed by atoms with E-state index in [1.165, 1.54) is 0 Å². The van der Waals surface area contributed by atoms with E-state index in [9.17, 15) is 0 Å². The van der Waals surface area contributed by atoms with Crippen molar-refractivity contribution in [2.24, 2.45) is 10.8 Å². The zero-order valence-electron chi connectivity index (χ0n) is 13.2. The lowest BCUT2D eigenvalue weighted by Gasteiger charge is -2.27. The molecule has 0 aliphatic heterocycles. The molecule has 0 aliphatic rings. The maximum absolute atomic E-state index is 5.97. The molecule has 0 aliphatic carbocycles. The fourth-order valence-electron chi connectivity index (χ4n) is 1.50. The molecule has 0 aromatic heterocycles. The molecular weight excluding hydrogens is 236 g/mol. The molecule has 0 radical (unpaired) electrons. The largest absolute Gasteiger partial charge is 0.348 e. The Bertz CT molecular complexity index is 339. The van der Waals surface area contributed by atoms with Crippen LogP contribution in [0.5, 0.6) is 0 Å². The number of rotatable bonds is 5. The second-order valence-corrected chi connectivity index (χ2v) is 7.49. The van der Waals surface area contributed by atoms with E-state index in [0.717, 1.165) is 5.56 Å². The van der Waals surface area contributed by atoms with Crippen molar-refractivity contribution in [1.29, 1.82) is 0 Å². The average molecular weight is 264 g/mol. The smallest absolute Gasteiger partial charge is 0.183 e. The molecule has 19 heavy (non-hydrogen) atoms. The monoisotopic (exact) mass is 264 g/mol. The molecule has 0 fully saturated rings. The molecule has 1 rings (SSSR count). The van der Waals surface area contributed by atoms with Crippen LogP contribution in [-0.2, 0) is 9.47 Å². The molecule has 0 amide bonds. The highest BCUT2D eigenvalue weighted by atomic mass is 16.7. The van der Waals surface area contributed by atoms with Crippen molar-refractivity contribution in [3.63, 3.8) is 0 Å². The van der Waals surface area contributed by atoms with Gasteiger partial charge in [0.1, 0.15) is 0 Å². The summed E-state index contributed by atoms with van der Waals surface area (Å²) >= 11 is 0. The van der Waals surface area contributed by atoms with Gasteiger partial charge in [-0.2, -0.15) is 0 Å². The minimum atomic E-state index is -0.278. The highest BCUT2D eigenvalue weighted by molar-refractivity contribution is 5.16. The molecule has 1 aromatic rings. The van der Waals surface area contributed by atoms with Gasteiger partial charge in [-0.25, -0.2) is 0 Å². The van der Waals surface area contributed by atoms with Crippen molar-refractivity contribution < 1.29 is 9.47 Å². The quantitative estimate of drug-likeness (QED) is 0.710. The summed E-state index contributed by atoms with van der Waals surface area (Å²) in [5, 5.41) is 0. The van der Waals surface area contributed by atoms with Gasteiger partial charge >= 0.3 is 0 Å². The third-order valence-electron chi connectivity index (χ3n) is 2.41. The molecule has 108 valence electrons. The Kier molecular flexibility index (Phi) is 5.57. The number of hydrogen-bond acceptors (Lipinski definition) is 2. The molecule has 0 atom stereocenters. The summed E-state index contributed by atoms with van der Waals surface area (Å²) in [6.45, 7) is 14.3. The van der Waals surface area contributed by atoms with Crippen LogP contribution in [-0.4, -0.2) is 13.2 Å². The minimum absolute atomic E-state index is 0.137. The van der Waals surface area contributed by atoms with Gasteiger partial charge in [0.25, 0.3) is 0 Å². The second kappa shape index (κ2) is 6.53. The fraction of sp³-hybridized carbons (Fsp3) is 0.647. The number of hydrogen-bond donors (Lipinski definition) is 0. The molecule has 0 bridgehead atoms. The molecule has 1 aromatic carbocycles. The highest BCUT2D eigenvalue weighted by Crippen LogP contribution is 2.25. The number of ether oxygens (including phenoxy) is 2.